The molecule has 0 aromatic heterocycles. The van der Waals surface area contributed by atoms with E-state index in [9.17, 15) is 0 Å². The summed E-state index contributed by atoms with van der Waals surface area (Å²) < 4.78 is 0. The largest absolute Gasteiger partial charge is 0.330 e. The highest BCUT2D eigenvalue weighted by Crippen LogP contribution is 2.32. The molecule has 1 unspecified atom stereocenters. The molecule has 0 aliphatic carbocycles. The molecule has 1 aromatic rings. The van der Waals surface area contributed by atoms with Gasteiger partial charge in [-0.1, -0.05) is 52.8 Å². The summed E-state index contributed by atoms with van der Waals surface area (Å²) in [7, 11) is 0. The van der Waals surface area contributed by atoms with Gasteiger partial charge in [0.1, 0.15) is 0 Å². The molecule has 0 fully saturated rings. The van der Waals surface area contributed by atoms with E-state index in [4.69, 9.17) is 5.73 Å². The van der Waals surface area contributed by atoms with Crippen molar-refractivity contribution < 1.29 is 0 Å². The first kappa shape index (κ1) is 15.2. The average molecular weight is 247 g/mol. The van der Waals surface area contributed by atoms with Crippen LogP contribution in [-0.2, 0) is 5.41 Å². The van der Waals surface area contributed by atoms with Crippen LogP contribution in [0, 0.1) is 12.8 Å². The van der Waals surface area contributed by atoms with E-state index in [-0.39, 0.29) is 5.41 Å². The van der Waals surface area contributed by atoms with Crippen molar-refractivity contribution in [2.75, 3.05) is 6.54 Å². The van der Waals surface area contributed by atoms with Gasteiger partial charge in [0.2, 0.25) is 0 Å². The molecule has 0 amide bonds. The SMILES string of the molecule is Cc1cc(C(C)(C)C)ccc1C(CCN)C(C)C. The molecule has 102 valence electrons. The lowest BCUT2D eigenvalue weighted by molar-refractivity contribution is 0.471. The molecule has 18 heavy (non-hydrogen) atoms. The standard InChI is InChI=1S/C17H29N/c1-12(2)15(9-10-18)16-8-7-14(11-13(16)3)17(4,5)6/h7-8,11-12,15H,9-10,18H2,1-6H3. The molecule has 0 aliphatic heterocycles. The van der Waals surface area contributed by atoms with Crippen LogP contribution in [0.4, 0.5) is 0 Å². The van der Waals surface area contributed by atoms with Crippen LogP contribution in [0.1, 0.15) is 63.6 Å². The number of nitrogens with two attached hydrogens (primary N) is 1. The summed E-state index contributed by atoms with van der Waals surface area (Å²) in [6, 6.07) is 6.95. The molecule has 1 aromatic carbocycles. The van der Waals surface area contributed by atoms with Crippen LogP contribution in [0.25, 0.3) is 0 Å². The third-order valence-electron chi connectivity index (χ3n) is 3.82. The Balaban J connectivity index is 3.11. The van der Waals surface area contributed by atoms with Gasteiger partial charge in [-0.25, -0.2) is 0 Å². The summed E-state index contributed by atoms with van der Waals surface area (Å²) in [4.78, 5) is 0. The lowest BCUT2D eigenvalue weighted by Crippen LogP contribution is -2.16. The number of rotatable bonds is 4. The zero-order chi connectivity index (χ0) is 13.9. The Morgan fingerprint density at radius 2 is 1.78 bits per heavy atom. The second kappa shape index (κ2) is 5.88. The van der Waals surface area contributed by atoms with Crippen molar-refractivity contribution >= 4 is 0 Å². The van der Waals surface area contributed by atoms with Gasteiger partial charge >= 0.3 is 0 Å². The molecule has 0 aliphatic rings. The van der Waals surface area contributed by atoms with E-state index < -0.39 is 0 Å². The van der Waals surface area contributed by atoms with E-state index in [2.05, 4.69) is 59.7 Å². The average Bonchev–Trinajstić information content (AvgIpc) is 2.24. The third-order valence-corrected chi connectivity index (χ3v) is 3.82. The molecule has 0 saturated carbocycles. The van der Waals surface area contributed by atoms with Gasteiger partial charge < -0.3 is 5.73 Å². The Hall–Kier alpha value is -0.820. The highest BCUT2D eigenvalue weighted by Gasteiger charge is 2.19. The Morgan fingerprint density at radius 1 is 1.17 bits per heavy atom. The maximum absolute atomic E-state index is 5.75. The monoisotopic (exact) mass is 247 g/mol. The number of benzene rings is 1. The molecule has 1 nitrogen and oxygen atoms in total. The van der Waals surface area contributed by atoms with Crippen LogP contribution < -0.4 is 5.73 Å². The van der Waals surface area contributed by atoms with E-state index in [1.54, 1.807) is 0 Å². The normalized spacial score (nSPS) is 14.0. The van der Waals surface area contributed by atoms with Gasteiger partial charge in [0.15, 0.2) is 0 Å². The number of aryl methyl sites for hydroxylation is 1. The number of hydrogen-bond acceptors (Lipinski definition) is 1. The molecule has 0 saturated heterocycles. The van der Waals surface area contributed by atoms with E-state index in [1.165, 1.54) is 16.7 Å². The molecule has 0 heterocycles. The van der Waals surface area contributed by atoms with Gasteiger partial charge in [0.05, 0.1) is 0 Å². The minimum absolute atomic E-state index is 0.227. The van der Waals surface area contributed by atoms with Crippen molar-refractivity contribution in [2.45, 2.75) is 59.3 Å². The second-order valence-electron chi connectivity index (χ2n) is 6.75. The van der Waals surface area contributed by atoms with Crippen LogP contribution in [0.2, 0.25) is 0 Å². The van der Waals surface area contributed by atoms with Gasteiger partial charge in [-0.3, -0.25) is 0 Å². The second-order valence-corrected chi connectivity index (χ2v) is 6.75. The van der Waals surface area contributed by atoms with Crippen LogP contribution in [0.5, 0.6) is 0 Å². The van der Waals surface area contributed by atoms with Gasteiger partial charge in [-0.2, -0.15) is 0 Å². The van der Waals surface area contributed by atoms with Crippen molar-refractivity contribution in [3.05, 3.63) is 34.9 Å². The van der Waals surface area contributed by atoms with Crippen molar-refractivity contribution in [3.63, 3.8) is 0 Å². The summed E-state index contributed by atoms with van der Waals surface area (Å²) in [5.74, 6) is 1.23. The van der Waals surface area contributed by atoms with Crippen LogP contribution in [0.3, 0.4) is 0 Å². The minimum atomic E-state index is 0.227. The fraction of sp³-hybridized carbons (Fsp3) is 0.647. The van der Waals surface area contributed by atoms with E-state index in [0.717, 1.165) is 13.0 Å². The van der Waals surface area contributed by atoms with Crippen LogP contribution in [-0.4, -0.2) is 6.54 Å². The zero-order valence-electron chi connectivity index (χ0n) is 12.9. The predicted molar refractivity (Wildman–Crippen MR) is 81.1 cm³/mol. The molecule has 0 spiro atoms. The van der Waals surface area contributed by atoms with Gasteiger partial charge in [-0.15, -0.1) is 0 Å². The summed E-state index contributed by atoms with van der Waals surface area (Å²) in [5.41, 5.74) is 10.3. The molecule has 0 bridgehead atoms. The first-order valence-corrected chi connectivity index (χ1v) is 7.08. The Bertz CT molecular complexity index is 385. The molecule has 1 atom stereocenters. The lowest BCUT2D eigenvalue weighted by Gasteiger charge is -2.25. The van der Waals surface area contributed by atoms with Crippen molar-refractivity contribution in [1.82, 2.24) is 0 Å². The first-order chi connectivity index (χ1) is 8.27. The fourth-order valence-corrected chi connectivity index (χ4v) is 2.59. The van der Waals surface area contributed by atoms with E-state index in [1.807, 2.05) is 0 Å². The van der Waals surface area contributed by atoms with Crippen LogP contribution >= 0.6 is 0 Å². The highest BCUT2D eigenvalue weighted by molar-refractivity contribution is 5.36. The van der Waals surface area contributed by atoms with Gasteiger partial charge in [-0.05, 0) is 53.8 Å². The smallest absolute Gasteiger partial charge is 0.00713 e. The molecular formula is C17H29N. The van der Waals surface area contributed by atoms with Crippen molar-refractivity contribution in [1.29, 1.82) is 0 Å². The molecule has 0 radical (unpaired) electrons. The van der Waals surface area contributed by atoms with Crippen LogP contribution in [0.15, 0.2) is 18.2 Å². The first-order valence-electron chi connectivity index (χ1n) is 7.08. The molecule has 2 N–H and O–H groups in total. The summed E-state index contributed by atoms with van der Waals surface area (Å²) in [5, 5.41) is 0. The van der Waals surface area contributed by atoms with Crippen molar-refractivity contribution in [3.8, 4) is 0 Å². The van der Waals surface area contributed by atoms with Crippen molar-refractivity contribution in [2.24, 2.45) is 11.7 Å². The molecule has 1 heteroatoms. The molecular weight excluding hydrogens is 218 g/mol. The maximum Gasteiger partial charge on any atom is -0.00713 e. The summed E-state index contributed by atoms with van der Waals surface area (Å²) >= 11 is 0. The maximum atomic E-state index is 5.75. The zero-order valence-corrected chi connectivity index (χ0v) is 12.9. The third kappa shape index (κ3) is 3.58. The predicted octanol–water partition coefficient (Wildman–Crippen LogP) is 4.38. The lowest BCUT2D eigenvalue weighted by atomic mass is 9.80. The minimum Gasteiger partial charge on any atom is -0.330 e. The fourth-order valence-electron chi connectivity index (χ4n) is 2.59. The highest BCUT2D eigenvalue weighted by atomic mass is 14.5. The Labute approximate surface area is 113 Å². The van der Waals surface area contributed by atoms with E-state index in [0.29, 0.717) is 11.8 Å². The Morgan fingerprint density at radius 3 is 2.17 bits per heavy atom. The summed E-state index contributed by atoms with van der Waals surface area (Å²) in [6.07, 6.45) is 1.08. The summed E-state index contributed by atoms with van der Waals surface area (Å²) in [6.45, 7) is 14.4. The van der Waals surface area contributed by atoms with E-state index >= 15 is 0 Å². The van der Waals surface area contributed by atoms with Gasteiger partial charge in [0, 0.05) is 0 Å². The Kier molecular flexibility index (Phi) is 4.98. The van der Waals surface area contributed by atoms with Gasteiger partial charge in [0.25, 0.3) is 0 Å². The topological polar surface area (TPSA) is 26.0 Å². The molecule has 1 rings (SSSR count). The number of hydrogen-bond donors (Lipinski definition) is 1. The quantitative estimate of drug-likeness (QED) is 0.839.